The second-order valence-corrected chi connectivity index (χ2v) is 4.03. The lowest BCUT2D eigenvalue weighted by atomic mass is 10.2. The Morgan fingerprint density at radius 1 is 1.57 bits per heavy atom. The van der Waals surface area contributed by atoms with Crippen LogP contribution >= 0.6 is 11.3 Å². The van der Waals surface area contributed by atoms with Crippen molar-refractivity contribution in [3.63, 3.8) is 0 Å². The zero-order chi connectivity index (χ0) is 9.97. The van der Waals surface area contributed by atoms with Gasteiger partial charge in [0.05, 0.1) is 5.39 Å². The molecule has 14 heavy (non-hydrogen) atoms. The fourth-order valence-corrected chi connectivity index (χ4v) is 2.04. The zero-order valence-corrected chi connectivity index (χ0v) is 8.76. The molecule has 0 atom stereocenters. The molecule has 74 valence electrons. The molecule has 0 aliphatic heterocycles. The predicted octanol–water partition coefficient (Wildman–Crippen LogP) is 2.59. The third-order valence-corrected chi connectivity index (χ3v) is 2.85. The molecule has 0 unspecified atom stereocenters. The van der Waals surface area contributed by atoms with E-state index >= 15 is 0 Å². The van der Waals surface area contributed by atoms with Crippen LogP contribution in [0.15, 0.2) is 20.7 Å². The highest BCUT2D eigenvalue weighted by molar-refractivity contribution is 7.16. The summed E-state index contributed by atoms with van der Waals surface area (Å²) < 4.78 is 5.09. The van der Waals surface area contributed by atoms with Gasteiger partial charge in [-0.1, -0.05) is 13.3 Å². The molecule has 0 saturated carbocycles. The van der Waals surface area contributed by atoms with E-state index in [1.54, 1.807) is 6.07 Å². The highest BCUT2D eigenvalue weighted by Crippen LogP contribution is 2.15. The molecule has 0 amide bonds. The van der Waals surface area contributed by atoms with E-state index < -0.39 is 0 Å². The Labute approximate surface area is 85.4 Å². The molecule has 0 spiro atoms. The van der Waals surface area contributed by atoms with Crippen molar-refractivity contribution in [1.82, 2.24) is 4.98 Å². The van der Waals surface area contributed by atoms with Crippen molar-refractivity contribution in [3.05, 3.63) is 27.8 Å². The largest absolute Gasteiger partial charge is 0.408 e. The van der Waals surface area contributed by atoms with Gasteiger partial charge in [-0.3, -0.25) is 0 Å². The summed E-state index contributed by atoms with van der Waals surface area (Å²) >= 11 is 1.48. The van der Waals surface area contributed by atoms with Gasteiger partial charge in [0.25, 0.3) is 0 Å². The van der Waals surface area contributed by atoms with E-state index in [9.17, 15) is 4.79 Å². The van der Waals surface area contributed by atoms with Crippen LogP contribution in [-0.4, -0.2) is 4.98 Å². The molecule has 0 fully saturated rings. The molecule has 0 bridgehead atoms. The average molecular weight is 209 g/mol. The third kappa shape index (κ3) is 1.70. The first-order chi connectivity index (χ1) is 6.81. The molecule has 0 aliphatic rings. The molecule has 0 N–H and O–H groups in total. The molecule has 0 aliphatic carbocycles. The second kappa shape index (κ2) is 3.92. The Hall–Kier alpha value is -1.16. The van der Waals surface area contributed by atoms with Crippen LogP contribution < -0.4 is 5.63 Å². The van der Waals surface area contributed by atoms with E-state index in [2.05, 4.69) is 11.9 Å². The molecule has 2 heterocycles. The van der Waals surface area contributed by atoms with Crippen LogP contribution in [0.5, 0.6) is 0 Å². The summed E-state index contributed by atoms with van der Waals surface area (Å²) in [7, 11) is 0. The van der Waals surface area contributed by atoms with Crippen LogP contribution in [0, 0.1) is 0 Å². The molecule has 2 aromatic rings. The maximum absolute atomic E-state index is 11.4. The van der Waals surface area contributed by atoms with Crippen molar-refractivity contribution in [2.24, 2.45) is 0 Å². The number of aromatic nitrogens is 1. The van der Waals surface area contributed by atoms with Crippen LogP contribution in [-0.2, 0) is 6.42 Å². The van der Waals surface area contributed by atoms with Crippen LogP contribution in [0.25, 0.3) is 10.2 Å². The van der Waals surface area contributed by atoms with Crippen molar-refractivity contribution < 1.29 is 4.42 Å². The highest BCUT2D eigenvalue weighted by Gasteiger charge is 2.06. The fourth-order valence-electron chi connectivity index (χ4n) is 1.28. The Bertz CT molecular complexity index is 486. The fraction of sp³-hybridized carbons (Fsp3) is 0.400. The molecule has 4 heteroatoms. The molecular weight excluding hydrogens is 198 g/mol. The first kappa shape index (κ1) is 9.40. The van der Waals surface area contributed by atoms with Gasteiger partial charge in [0.15, 0.2) is 5.89 Å². The summed E-state index contributed by atoms with van der Waals surface area (Å²) in [4.78, 5) is 16.5. The van der Waals surface area contributed by atoms with Gasteiger partial charge in [-0.15, -0.1) is 11.3 Å². The summed E-state index contributed by atoms with van der Waals surface area (Å²) in [6.07, 6.45) is 2.83. The minimum Gasteiger partial charge on any atom is -0.408 e. The number of aryl methyl sites for hydroxylation is 1. The number of hydrogen-bond acceptors (Lipinski definition) is 4. The topological polar surface area (TPSA) is 43.1 Å². The van der Waals surface area contributed by atoms with E-state index in [-0.39, 0.29) is 5.63 Å². The minimum atomic E-state index is -0.262. The summed E-state index contributed by atoms with van der Waals surface area (Å²) in [6, 6.07) is 1.75. The molecule has 0 saturated heterocycles. The SMILES string of the molecule is CCCCc1nc2sccc2c(=O)o1. The predicted molar refractivity (Wildman–Crippen MR) is 56.8 cm³/mol. The lowest BCUT2D eigenvalue weighted by Gasteiger charge is -1.96. The number of rotatable bonds is 3. The summed E-state index contributed by atoms with van der Waals surface area (Å²) in [6.45, 7) is 2.10. The molecular formula is C10H11NO2S. The Balaban J connectivity index is 2.43. The van der Waals surface area contributed by atoms with E-state index in [0.29, 0.717) is 11.3 Å². The normalized spacial score (nSPS) is 10.9. The Morgan fingerprint density at radius 2 is 2.43 bits per heavy atom. The molecule has 2 aromatic heterocycles. The number of unbranched alkanes of at least 4 members (excludes halogenated alkanes) is 1. The lowest BCUT2D eigenvalue weighted by Crippen LogP contribution is -2.03. The maximum Gasteiger partial charge on any atom is 0.347 e. The van der Waals surface area contributed by atoms with Crippen LogP contribution in [0.4, 0.5) is 0 Å². The van der Waals surface area contributed by atoms with Gasteiger partial charge in [-0.25, -0.2) is 9.78 Å². The Kier molecular flexibility index (Phi) is 2.63. The molecule has 0 aromatic carbocycles. The molecule has 0 radical (unpaired) electrons. The average Bonchev–Trinajstić information content (AvgIpc) is 2.63. The summed E-state index contributed by atoms with van der Waals surface area (Å²) in [5, 5.41) is 2.45. The van der Waals surface area contributed by atoms with Crippen molar-refractivity contribution in [2.75, 3.05) is 0 Å². The third-order valence-electron chi connectivity index (χ3n) is 2.05. The van der Waals surface area contributed by atoms with Gasteiger partial charge in [0.2, 0.25) is 0 Å². The highest BCUT2D eigenvalue weighted by atomic mass is 32.1. The molecule has 3 nitrogen and oxygen atoms in total. The Morgan fingerprint density at radius 3 is 3.21 bits per heavy atom. The van der Waals surface area contributed by atoms with Crippen LogP contribution in [0.2, 0.25) is 0 Å². The van der Waals surface area contributed by atoms with E-state index in [0.717, 1.165) is 24.1 Å². The number of hydrogen-bond donors (Lipinski definition) is 0. The smallest absolute Gasteiger partial charge is 0.347 e. The van der Waals surface area contributed by atoms with Crippen molar-refractivity contribution >= 4 is 21.6 Å². The van der Waals surface area contributed by atoms with Crippen LogP contribution in [0.1, 0.15) is 25.7 Å². The van der Waals surface area contributed by atoms with Crippen molar-refractivity contribution in [1.29, 1.82) is 0 Å². The van der Waals surface area contributed by atoms with E-state index in [1.807, 2.05) is 5.38 Å². The first-order valence-corrected chi connectivity index (χ1v) is 5.56. The first-order valence-electron chi connectivity index (χ1n) is 4.68. The quantitative estimate of drug-likeness (QED) is 0.780. The van der Waals surface area contributed by atoms with Crippen molar-refractivity contribution in [2.45, 2.75) is 26.2 Å². The van der Waals surface area contributed by atoms with Gasteiger partial charge in [0.1, 0.15) is 4.83 Å². The zero-order valence-electron chi connectivity index (χ0n) is 7.95. The monoisotopic (exact) mass is 209 g/mol. The molecule has 2 rings (SSSR count). The standard InChI is InChI=1S/C10H11NO2S/c1-2-3-4-8-11-9-7(5-6-14-9)10(12)13-8/h5-6H,2-4H2,1H3. The minimum absolute atomic E-state index is 0.262. The lowest BCUT2D eigenvalue weighted by molar-refractivity contribution is 0.438. The number of nitrogens with zero attached hydrogens (tertiary/aromatic N) is 1. The van der Waals surface area contributed by atoms with Gasteiger partial charge >= 0.3 is 5.63 Å². The van der Waals surface area contributed by atoms with E-state index in [1.165, 1.54) is 11.3 Å². The second-order valence-electron chi connectivity index (χ2n) is 3.14. The van der Waals surface area contributed by atoms with Gasteiger partial charge < -0.3 is 4.42 Å². The van der Waals surface area contributed by atoms with Gasteiger partial charge in [0, 0.05) is 6.42 Å². The van der Waals surface area contributed by atoms with E-state index in [4.69, 9.17) is 4.42 Å². The number of thiophene rings is 1. The number of fused-ring (bicyclic) bond motifs is 1. The van der Waals surface area contributed by atoms with Gasteiger partial charge in [-0.05, 0) is 17.9 Å². The van der Waals surface area contributed by atoms with Crippen LogP contribution in [0.3, 0.4) is 0 Å². The van der Waals surface area contributed by atoms with Gasteiger partial charge in [-0.2, -0.15) is 0 Å². The maximum atomic E-state index is 11.4. The summed E-state index contributed by atoms with van der Waals surface area (Å²) in [5.41, 5.74) is -0.262. The summed E-state index contributed by atoms with van der Waals surface area (Å²) in [5.74, 6) is 0.562. The van der Waals surface area contributed by atoms with Crippen molar-refractivity contribution in [3.8, 4) is 0 Å².